The van der Waals surface area contributed by atoms with Gasteiger partial charge >= 0.3 is 0 Å². The molecule has 4 N–H and O–H groups in total. The quantitative estimate of drug-likeness (QED) is 0.256. The number of nitrogens with one attached hydrogen (secondary N) is 1. The molecule has 0 fully saturated rings. The Morgan fingerprint density at radius 2 is 1.81 bits per heavy atom. The Morgan fingerprint density at radius 1 is 1.14 bits per heavy atom. The van der Waals surface area contributed by atoms with Gasteiger partial charge in [-0.2, -0.15) is 0 Å². The molecule has 1 aromatic rings. The number of hydrogen-bond donors (Lipinski definition) is 4. The summed E-state index contributed by atoms with van der Waals surface area (Å²) in [4.78, 5) is 25.6. The van der Waals surface area contributed by atoms with Crippen LogP contribution in [-0.4, -0.2) is 65.6 Å². The first-order valence-corrected chi connectivity index (χ1v) is 12.5. The number of hydrogen-bond acceptors (Lipinski definition) is 7. The molecule has 0 bridgehead atoms. The Hall–Kier alpha value is -2.23. The third kappa shape index (κ3) is 9.33. The van der Waals surface area contributed by atoms with Gasteiger partial charge in [-0.3, -0.25) is 9.59 Å². The van der Waals surface area contributed by atoms with Gasteiger partial charge in [0.05, 0.1) is 11.1 Å². The van der Waals surface area contributed by atoms with Crippen LogP contribution in [-0.2, 0) is 19.1 Å². The van der Waals surface area contributed by atoms with Crippen LogP contribution in [0.2, 0.25) is 5.02 Å². The van der Waals surface area contributed by atoms with Gasteiger partial charge in [-0.1, -0.05) is 51.3 Å². The molecular formula is C27H40ClNO7. The SMILES string of the molecule is CCCC[C@@H](C)[C@H](O)[C@H](C)C(=O)/C(C)=C/C(OC)[C@@H](O)C(OC)C(=O)N/C=C\c1ccc(O)c(Cl)c1. The van der Waals surface area contributed by atoms with E-state index in [9.17, 15) is 24.9 Å². The van der Waals surface area contributed by atoms with Gasteiger partial charge in [-0.05, 0) is 54.7 Å². The third-order valence-corrected chi connectivity index (χ3v) is 6.53. The number of amides is 1. The maximum absolute atomic E-state index is 12.9. The van der Waals surface area contributed by atoms with Crippen molar-refractivity contribution < 1.29 is 34.4 Å². The second-order valence-corrected chi connectivity index (χ2v) is 9.42. The molecule has 0 radical (unpaired) electrons. The molecule has 0 aromatic heterocycles. The maximum atomic E-state index is 12.9. The van der Waals surface area contributed by atoms with Crippen molar-refractivity contribution in [3.05, 3.63) is 46.6 Å². The molecule has 0 aliphatic rings. The van der Waals surface area contributed by atoms with Crippen LogP contribution in [0.5, 0.6) is 5.75 Å². The molecule has 0 aliphatic heterocycles. The first-order chi connectivity index (χ1) is 17.0. The zero-order valence-corrected chi connectivity index (χ0v) is 22.7. The summed E-state index contributed by atoms with van der Waals surface area (Å²) in [6, 6.07) is 4.56. The Balaban J connectivity index is 2.88. The van der Waals surface area contributed by atoms with Crippen LogP contribution in [0, 0.1) is 11.8 Å². The van der Waals surface area contributed by atoms with E-state index < -0.39 is 36.2 Å². The van der Waals surface area contributed by atoms with Gasteiger partial charge in [0.25, 0.3) is 5.91 Å². The summed E-state index contributed by atoms with van der Waals surface area (Å²) >= 11 is 5.87. The van der Waals surface area contributed by atoms with Crippen LogP contribution < -0.4 is 5.32 Å². The van der Waals surface area contributed by atoms with Gasteiger partial charge in [0.2, 0.25) is 0 Å². The van der Waals surface area contributed by atoms with Gasteiger partial charge in [0.1, 0.15) is 18.0 Å². The second-order valence-electron chi connectivity index (χ2n) is 9.01. The highest BCUT2D eigenvalue weighted by Gasteiger charge is 2.33. The lowest BCUT2D eigenvalue weighted by atomic mass is 9.85. The number of ketones is 1. The summed E-state index contributed by atoms with van der Waals surface area (Å²) in [7, 11) is 2.63. The molecule has 0 saturated heterocycles. The fraction of sp³-hybridized carbons (Fsp3) is 0.556. The number of benzene rings is 1. The van der Waals surface area contributed by atoms with Crippen molar-refractivity contribution in [3.63, 3.8) is 0 Å². The number of methoxy groups -OCH3 is 2. The van der Waals surface area contributed by atoms with Crippen molar-refractivity contribution in [1.29, 1.82) is 0 Å². The summed E-state index contributed by atoms with van der Waals surface area (Å²) in [6.45, 7) is 7.28. The maximum Gasteiger partial charge on any atom is 0.255 e. The topological polar surface area (TPSA) is 125 Å². The minimum Gasteiger partial charge on any atom is -0.506 e. The van der Waals surface area contributed by atoms with E-state index in [0.717, 1.165) is 19.3 Å². The van der Waals surface area contributed by atoms with E-state index in [1.165, 1.54) is 38.6 Å². The van der Waals surface area contributed by atoms with Crippen molar-refractivity contribution in [2.75, 3.05) is 14.2 Å². The number of Topliss-reactive ketones (excluding diaryl/α,β-unsaturated/α-hetero) is 1. The molecule has 8 nitrogen and oxygen atoms in total. The fourth-order valence-corrected chi connectivity index (χ4v) is 4.03. The highest BCUT2D eigenvalue weighted by atomic mass is 35.5. The first-order valence-electron chi connectivity index (χ1n) is 12.1. The van der Waals surface area contributed by atoms with E-state index in [-0.39, 0.29) is 22.5 Å². The van der Waals surface area contributed by atoms with Crippen LogP contribution >= 0.6 is 11.6 Å². The highest BCUT2D eigenvalue weighted by Crippen LogP contribution is 2.24. The van der Waals surface area contributed by atoms with Crippen molar-refractivity contribution in [2.24, 2.45) is 11.8 Å². The normalized spacial score (nSPS) is 17.3. The molecule has 0 spiro atoms. The van der Waals surface area contributed by atoms with E-state index >= 15 is 0 Å². The number of rotatable bonds is 15. The lowest BCUT2D eigenvalue weighted by Gasteiger charge is -2.27. The Kier molecular flexibility index (Phi) is 13.9. The zero-order chi connectivity index (χ0) is 27.4. The van der Waals surface area contributed by atoms with Crippen molar-refractivity contribution in [1.82, 2.24) is 5.32 Å². The molecule has 2 unspecified atom stereocenters. The second kappa shape index (κ2) is 15.8. The van der Waals surface area contributed by atoms with Gasteiger partial charge in [0.15, 0.2) is 11.9 Å². The van der Waals surface area contributed by atoms with Crippen molar-refractivity contribution in [2.45, 2.75) is 71.4 Å². The van der Waals surface area contributed by atoms with Crippen LogP contribution in [0.3, 0.4) is 0 Å². The molecule has 1 rings (SSSR count). The smallest absolute Gasteiger partial charge is 0.255 e. The molecule has 9 heteroatoms. The molecule has 1 aromatic carbocycles. The Bertz CT molecular complexity index is 917. The number of phenolic OH excluding ortho intramolecular Hbond substituents is 1. The van der Waals surface area contributed by atoms with Crippen LogP contribution in [0.1, 0.15) is 52.5 Å². The summed E-state index contributed by atoms with van der Waals surface area (Å²) in [6.07, 6.45) is 2.69. The molecular weight excluding hydrogens is 486 g/mol. The Morgan fingerprint density at radius 3 is 2.36 bits per heavy atom. The standard InChI is InChI=1S/C27H40ClNO7/c1-7-8-9-16(2)23(31)18(4)24(32)17(3)14-22(35-5)25(33)26(36-6)27(34)29-13-12-19-10-11-21(30)20(28)15-19/h10-16,18,22-23,25-26,30-31,33H,7-9H2,1-6H3,(H,29,34)/b13-12-,17-14+/t16-,18+,22?,23+,25-,26?/m1/s1. The van der Waals surface area contributed by atoms with Gasteiger partial charge in [0, 0.05) is 26.3 Å². The molecule has 202 valence electrons. The number of aliphatic hydroxyl groups is 2. The van der Waals surface area contributed by atoms with Gasteiger partial charge in [-0.25, -0.2) is 0 Å². The Labute approximate surface area is 219 Å². The number of halogens is 1. The van der Waals surface area contributed by atoms with E-state index in [0.29, 0.717) is 11.1 Å². The van der Waals surface area contributed by atoms with E-state index in [2.05, 4.69) is 12.2 Å². The number of aliphatic hydroxyl groups excluding tert-OH is 2. The number of allylic oxidation sites excluding steroid dienone is 1. The first kappa shape index (κ1) is 31.8. The van der Waals surface area contributed by atoms with E-state index in [1.54, 1.807) is 26.0 Å². The number of carbonyl (C=O) groups is 2. The van der Waals surface area contributed by atoms with Gasteiger partial charge in [-0.15, -0.1) is 0 Å². The number of ether oxygens (including phenoxy) is 2. The molecule has 0 saturated carbocycles. The molecule has 6 atom stereocenters. The number of aromatic hydroxyl groups is 1. The van der Waals surface area contributed by atoms with Crippen molar-refractivity contribution in [3.8, 4) is 5.75 Å². The fourth-order valence-electron chi connectivity index (χ4n) is 3.84. The van der Waals surface area contributed by atoms with Crippen LogP contribution in [0.25, 0.3) is 6.08 Å². The molecule has 36 heavy (non-hydrogen) atoms. The van der Waals surface area contributed by atoms with E-state index in [4.69, 9.17) is 21.1 Å². The number of unbranched alkanes of at least 4 members (excludes halogenated alkanes) is 1. The predicted octanol–water partition coefficient (Wildman–Crippen LogP) is 3.86. The van der Waals surface area contributed by atoms with Crippen molar-refractivity contribution >= 4 is 29.4 Å². The lowest BCUT2D eigenvalue weighted by molar-refractivity contribution is -0.142. The summed E-state index contributed by atoms with van der Waals surface area (Å²) < 4.78 is 10.6. The third-order valence-electron chi connectivity index (χ3n) is 6.23. The number of phenols is 1. The zero-order valence-electron chi connectivity index (χ0n) is 21.9. The van der Waals surface area contributed by atoms with Gasteiger partial charge < -0.3 is 30.1 Å². The number of carbonyl (C=O) groups excluding carboxylic acids is 2. The predicted molar refractivity (Wildman–Crippen MR) is 141 cm³/mol. The molecule has 0 aliphatic carbocycles. The average molecular weight is 526 g/mol. The molecule has 1 amide bonds. The lowest BCUT2D eigenvalue weighted by Crippen LogP contribution is -2.47. The largest absolute Gasteiger partial charge is 0.506 e. The van der Waals surface area contributed by atoms with Crippen LogP contribution in [0.4, 0.5) is 0 Å². The van der Waals surface area contributed by atoms with E-state index in [1.807, 2.05) is 6.92 Å². The molecule has 0 heterocycles. The minimum absolute atomic E-state index is 0.0206. The highest BCUT2D eigenvalue weighted by molar-refractivity contribution is 6.32. The monoisotopic (exact) mass is 525 g/mol. The minimum atomic E-state index is -1.41. The summed E-state index contributed by atoms with van der Waals surface area (Å²) in [5.41, 5.74) is 0.953. The average Bonchev–Trinajstić information content (AvgIpc) is 2.86. The summed E-state index contributed by atoms with van der Waals surface area (Å²) in [5.74, 6) is -1.58. The summed E-state index contributed by atoms with van der Waals surface area (Å²) in [5, 5.41) is 33.6. The van der Waals surface area contributed by atoms with Crippen LogP contribution in [0.15, 0.2) is 36.0 Å².